The van der Waals surface area contributed by atoms with E-state index in [9.17, 15) is 4.79 Å². The van der Waals surface area contributed by atoms with Gasteiger partial charge >= 0.3 is 0 Å². The number of nitrogens with zero attached hydrogens (tertiary/aromatic N) is 2. The molecule has 0 spiro atoms. The number of hydrogen-bond donors (Lipinski definition) is 1. The van der Waals surface area contributed by atoms with Gasteiger partial charge in [-0.3, -0.25) is 9.69 Å². The zero-order valence-electron chi connectivity index (χ0n) is 13.4. The van der Waals surface area contributed by atoms with Gasteiger partial charge in [0.15, 0.2) is 0 Å². The molecule has 1 aliphatic heterocycles. The van der Waals surface area contributed by atoms with Crippen molar-refractivity contribution in [3.05, 3.63) is 36.9 Å². The summed E-state index contributed by atoms with van der Waals surface area (Å²) in [5.74, 6) is 0.957. The first kappa shape index (κ1) is 16.4. The number of piperazine rings is 1. The topological polar surface area (TPSA) is 44.8 Å². The van der Waals surface area contributed by atoms with Crippen molar-refractivity contribution in [3.63, 3.8) is 0 Å². The molecule has 1 aromatic rings. The van der Waals surface area contributed by atoms with E-state index in [1.165, 1.54) is 0 Å². The Bertz CT molecular complexity index is 510. The van der Waals surface area contributed by atoms with E-state index < -0.39 is 0 Å². The monoisotopic (exact) mass is 303 g/mol. The predicted molar refractivity (Wildman–Crippen MR) is 89.4 cm³/mol. The van der Waals surface area contributed by atoms with Crippen LogP contribution in [0.5, 0.6) is 5.75 Å². The van der Waals surface area contributed by atoms with Crippen molar-refractivity contribution in [2.75, 3.05) is 44.7 Å². The van der Waals surface area contributed by atoms with Gasteiger partial charge < -0.3 is 15.0 Å². The number of carbonyl (C=O) groups is 1. The maximum Gasteiger partial charge on any atom is 0.237 e. The Morgan fingerprint density at radius 1 is 1.36 bits per heavy atom. The number of rotatable bonds is 6. The normalized spacial score (nSPS) is 16.9. The van der Waals surface area contributed by atoms with E-state index in [0.29, 0.717) is 6.54 Å². The second kappa shape index (κ2) is 7.84. The first-order chi connectivity index (χ1) is 10.7. The molecule has 22 heavy (non-hydrogen) atoms. The first-order valence-electron chi connectivity index (χ1n) is 7.68. The molecule has 1 fully saturated rings. The second-order valence-electron chi connectivity index (χ2n) is 5.40. The molecule has 120 valence electrons. The molecule has 0 saturated carbocycles. The van der Waals surface area contributed by atoms with E-state index in [2.05, 4.69) is 27.8 Å². The van der Waals surface area contributed by atoms with Crippen LogP contribution >= 0.6 is 0 Å². The van der Waals surface area contributed by atoms with Crippen molar-refractivity contribution >= 4 is 11.6 Å². The Labute approximate surface area is 132 Å². The third kappa shape index (κ3) is 3.80. The fraction of sp³-hybridized carbons (Fsp3) is 0.471. The molecule has 2 rings (SSSR count). The van der Waals surface area contributed by atoms with Crippen LogP contribution in [0.2, 0.25) is 0 Å². The number of benzene rings is 1. The lowest BCUT2D eigenvalue weighted by Gasteiger charge is -2.38. The van der Waals surface area contributed by atoms with Gasteiger partial charge in [-0.25, -0.2) is 0 Å². The van der Waals surface area contributed by atoms with E-state index in [1.807, 2.05) is 25.1 Å². The highest BCUT2D eigenvalue weighted by Gasteiger charge is 2.26. The molecule has 1 atom stereocenters. The number of nitrogens with one attached hydrogen (secondary N) is 1. The van der Waals surface area contributed by atoms with E-state index >= 15 is 0 Å². The number of ether oxygens (including phenoxy) is 1. The smallest absolute Gasteiger partial charge is 0.237 e. The van der Waals surface area contributed by atoms with E-state index in [1.54, 1.807) is 13.2 Å². The van der Waals surface area contributed by atoms with E-state index in [0.717, 1.165) is 37.6 Å². The fourth-order valence-corrected chi connectivity index (χ4v) is 2.73. The van der Waals surface area contributed by atoms with Crippen molar-refractivity contribution in [1.29, 1.82) is 0 Å². The standard InChI is InChI=1S/C17H25N3O2/c1-4-9-18-17(21)14(2)19-10-12-20(13-11-19)15-7-5-6-8-16(15)22-3/h4-8,14H,1,9-13H2,2-3H3,(H,18,21)/t14-/m1/s1. The molecule has 1 aliphatic rings. The Balaban J connectivity index is 1.92. The summed E-state index contributed by atoms with van der Waals surface area (Å²) in [5.41, 5.74) is 1.12. The fourth-order valence-electron chi connectivity index (χ4n) is 2.73. The summed E-state index contributed by atoms with van der Waals surface area (Å²) in [4.78, 5) is 16.5. The van der Waals surface area contributed by atoms with Crippen LogP contribution in [0.3, 0.4) is 0 Å². The molecule has 1 N–H and O–H groups in total. The summed E-state index contributed by atoms with van der Waals surface area (Å²) in [7, 11) is 1.70. The summed E-state index contributed by atoms with van der Waals surface area (Å²) in [6, 6.07) is 7.95. The van der Waals surface area contributed by atoms with Crippen molar-refractivity contribution in [2.45, 2.75) is 13.0 Å². The van der Waals surface area contributed by atoms with Gasteiger partial charge in [-0.2, -0.15) is 0 Å². The lowest BCUT2D eigenvalue weighted by Crippen LogP contribution is -2.54. The van der Waals surface area contributed by atoms with Gasteiger partial charge in [0.25, 0.3) is 0 Å². The molecule has 0 unspecified atom stereocenters. The van der Waals surface area contributed by atoms with E-state index in [4.69, 9.17) is 4.74 Å². The molecule has 5 nitrogen and oxygen atoms in total. The highest BCUT2D eigenvalue weighted by Crippen LogP contribution is 2.28. The van der Waals surface area contributed by atoms with E-state index in [-0.39, 0.29) is 11.9 Å². The van der Waals surface area contributed by atoms with Gasteiger partial charge in [0.05, 0.1) is 18.8 Å². The lowest BCUT2D eigenvalue weighted by molar-refractivity contribution is -0.125. The molecule has 1 aromatic carbocycles. The zero-order chi connectivity index (χ0) is 15.9. The number of hydrogen-bond acceptors (Lipinski definition) is 4. The van der Waals surface area contributed by atoms with Gasteiger partial charge in [-0.15, -0.1) is 6.58 Å². The van der Waals surface area contributed by atoms with Crippen molar-refractivity contribution < 1.29 is 9.53 Å². The average Bonchev–Trinajstić information content (AvgIpc) is 2.59. The molecule has 0 aromatic heterocycles. The molecular weight excluding hydrogens is 278 g/mol. The maximum absolute atomic E-state index is 12.0. The minimum atomic E-state index is -0.111. The molecule has 0 aliphatic carbocycles. The SMILES string of the molecule is C=CCNC(=O)[C@@H](C)N1CCN(c2ccccc2OC)CC1. The van der Waals surface area contributed by atoms with Crippen LogP contribution in [0.15, 0.2) is 36.9 Å². The lowest BCUT2D eigenvalue weighted by atomic mass is 10.2. The van der Waals surface area contributed by atoms with Gasteiger partial charge in [-0.1, -0.05) is 18.2 Å². The molecule has 1 heterocycles. The summed E-state index contributed by atoms with van der Waals surface area (Å²) in [6.45, 7) is 9.59. The number of para-hydroxylation sites is 2. The Morgan fingerprint density at radius 3 is 2.68 bits per heavy atom. The van der Waals surface area contributed by atoms with Crippen LogP contribution in [0.4, 0.5) is 5.69 Å². The second-order valence-corrected chi connectivity index (χ2v) is 5.40. The van der Waals surface area contributed by atoms with Crippen molar-refractivity contribution in [1.82, 2.24) is 10.2 Å². The summed E-state index contributed by atoms with van der Waals surface area (Å²) in [6.07, 6.45) is 1.70. The number of amides is 1. The summed E-state index contributed by atoms with van der Waals surface area (Å²) in [5, 5.41) is 2.86. The minimum Gasteiger partial charge on any atom is -0.495 e. The highest BCUT2D eigenvalue weighted by atomic mass is 16.5. The molecular formula is C17H25N3O2. The van der Waals surface area contributed by atoms with Gasteiger partial charge in [-0.05, 0) is 19.1 Å². The highest BCUT2D eigenvalue weighted by molar-refractivity contribution is 5.81. The molecule has 1 saturated heterocycles. The van der Waals surface area contributed by atoms with Gasteiger partial charge in [0, 0.05) is 32.7 Å². The number of carbonyl (C=O) groups excluding carboxylic acids is 1. The molecule has 0 radical (unpaired) electrons. The third-order valence-corrected chi connectivity index (χ3v) is 4.09. The molecule has 1 amide bonds. The van der Waals surface area contributed by atoms with Gasteiger partial charge in [0.1, 0.15) is 5.75 Å². The number of anilines is 1. The molecule has 5 heteroatoms. The largest absolute Gasteiger partial charge is 0.495 e. The van der Waals surface area contributed by atoms with Gasteiger partial charge in [0.2, 0.25) is 5.91 Å². The first-order valence-corrected chi connectivity index (χ1v) is 7.68. The molecule has 0 bridgehead atoms. The zero-order valence-corrected chi connectivity index (χ0v) is 13.4. The quantitative estimate of drug-likeness (QED) is 0.809. The predicted octanol–water partition coefficient (Wildman–Crippen LogP) is 1.51. The summed E-state index contributed by atoms with van der Waals surface area (Å²) < 4.78 is 5.43. The van der Waals surface area contributed by atoms with Crippen LogP contribution in [0.25, 0.3) is 0 Å². The van der Waals surface area contributed by atoms with Crippen LogP contribution in [0, 0.1) is 0 Å². The Morgan fingerprint density at radius 2 is 2.05 bits per heavy atom. The Kier molecular flexibility index (Phi) is 5.83. The minimum absolute atomic E-state index is 0.0608. The Hall–Kier alpha value is -2.01. The third-order valence-electron chi connectivity index (χ3n) is 4.09. The number of methoxy groups -OCH3 is 1. The maximum atomic E-state index is 12.0. The van der Waals surface area contributed by atoms with Crippen LogP contribution in [-0.4, -0.2) is 56.7 Å². The van der Waals surface area contributed by atoms with Crippen LogP contribution in [-0.2, 0) is 4.79 Å². The van der Waals surface area contributed by atoms with Crippen LogP contribution in [0.1, 0.15) is 6.92 Å². The summed E-state index contributed by atoms with van der Waals surface area (Å²) >= 11 is 0. The van der Waals surface area contributed by atoms with Crippen molar-refractivity contribution in [3.8, 4) is 5.75 Å². The van der Waals surface area contributed by atoms with Crippen LogP contribution < -0.4 is 15.0 Å². The average molecular weight is 303 g/mol. The van der Waals surface area contributed by atoms with Crippen molar-refractivity contribution in [2.24, 2.45) is 0 Å².